The highest BCUT2D eigenvalue weighted by molar-refractivity contribution is 5.93. The molecule has 0 aliphatic rings. The van der Waals surface area contributed by atoms with E-state index in [-0.39, 0.29) is 5.82 Å². The van der Waals surface area contributed by atoms with Crippen LogP contribution in [0.4, 0.5) is 4.39 Å². The monoisotopic (exact) mass is 261 g/mol. The Morgan fingerprint density at radius 3 is 2.35 bits per heavy atom. The van der Waals surface area contributed by atoms with Crippen LogP contribution in [-0.2, 0) is 0 Å². The lowest BCUT2D eigenvalue weighted by Gasteiger charge is -2.09. The fourth-order valence-electron chi connectivity index (χ4n) is 2.73. The van der Waals surface area contributed by atoms with Gasteiger partial charge in [0, 0.05) is 11.8 Å². The molecule has 0 unspecified atom stereocenters. The summed E-state index contributed by atoms with van der Waals surface area (Å²) in [7, 11) is 0. The van der Waals surface area contributed by atoms with Crippen LogP contribution < -0.4 is 0 Å². The molecule has 2 heteroatoms. The normalized spacial score (nSPS) is 11.2. The molecule has 20 heavy (non-hydrogen) atoms. The Labute approximate surface area is 115 Å². The molecule has 0 aliphatic heterocycles. The number of hydrogen-bond acceptors (Lipinski definition) is 0. The van der Waals surface area contributed by atoms with E-state index < -0.39 is 0 Å². The molecule has 0 bridgehead atoms. The van der Waals surface area contributed by atoms with Gasteiger partial charge in [-0.25, -0.2) is 4.39 Å². The van der Waals surface area contributed by atoms with Gasteiger partial charge in [-0.15, -0.1) is 0 Å². The van der Waals surface area contributed by atoms with E-state index in [1.54, 1.807) is 0 Å². The molecule has 0 spiro atoms. The summed E-state index contributed by atoms with van der Waals surface area (Å²) in [6, 6.07) is 21.2. The first-order chi connectivity index (χ1) is 9.83. The molecular weight excluding hydrogens is 249 g/mol. The Morgan fingerprint density at radius 2 is 1.50 bits per heavy atom. The summed E-state index contributed by atoms with van der Waals surface area (Å²) >= 11 is 0. The summed E-state index contributed by atoms with van der Waals surface area (Å²) in [6.45, 7) is 0. The summed E-state index contributed by atoms with van der Waals surface area (Å²) in [5.74, 6) is -0.207. The molecule has 0 N–H and O–H groups in total. The van der Waals surface area contributed by atoms with E-state index in [1.165, 1.54) is 23.0 Å². The highest BCUT2D eigenvalue weighted by Crippen LogP contribution is 2.30. The number of aromatic nitrogens is 1. The zero-order valence-corrected chi connectivity index (χ0v) is 10.8. The molecule has 0 radical (unpaired) electrons. The zero-order valence-electron chi connectivity index (χ0n) is 10.8. The number of fused-ring (bicyclic) bond motifs is 3. The number of halogens is 1. The van der Waals surface area contributed by atoms with E-state index in [4.69, 9.17) is 0 Å². The molecule has 0 saturated carbocycles. The average molecular weight is 261 g/mol. The number of benzene rings is 2. The third kappa shape index (κ3) is 1.62. The Balaban J connectivity index is 2.11. The van der Waals surface area contributed by atoms with Crippen LogP contribution in [0.1, 0.15) is 0 Å². The number of nitrogens with zero attached hydrogens (tertiary/aromatic N) is 1. The van der Waals surface area contributed by atoms with Gasteiger partial charge in [-0.05, 0) is 47.3 Å². The largest absolute Gasteiger partial charge is 0.316 e. The van der Waals surface area contributed by atoms with Gasteiger partial charge in [0.05, 0.1) is 11.0 Å². The maximum absolute atomic E-state index is 13.1. The van der Waals surface area contributed by atoms with Crippen molar-refractivity contribution in [1.82, 2.24) is 4.40 Å². The van der Waals surface area contributed by atoms with Gasteiger partial charge in [-0.3, -0.25) is 0 Å². The second kappa shape index (κ2) is 4.20. The maximum Gasteiger partial charge on any atom is 0.123 e. The molecule has 0 amide bonds. The van der Waals surface area contributed by atoms with Crippen LogP contribution in [0, 0.1) is 5.82 Å². The van der Waals surface area contributed by atoms with Gasteiger partial charge >= 0.3 is 0 Å². The van der Waals surface area contributed by atoms with Crippen molar-refractivity contribution in [3.05, 3.63) is 78.7 Å². The van der Waals surface area contributed by atoms with Gasteiger partial charge in [0.2, 0.25) is 0 Å². The molecule has 4 aromatic rings. The first kappa shape index (κ1) is 11.2. The number of rotatable bonds is 1. The first-order valence-corrected chi connectivity index (χ1v) is 6.58. The number of pyridine rings is 1. The Morgan fingerprint density at radius 1 is 0.750 bits per heavy atom. The number of para-hydroxylation sites is 1. The van der Waals surface area contributed by atoms with Crippen molar-refractivity contribution in [2.45, 2.75) is 0 Å². The lowest BCUT2D eigenvalue weighted by atomic mass is 10.0. The topological polar surface area (TPSA) is 4.41 Å². The average Bonchev–Trinajstić information content (AvgIpc) is 2.97. The van der Waals surface area contributed by atoms with E-state index >= 15 is 0 Å². The third-order valence-electron chi connectivity index (χ3n) is 3.68. The second-order valence-corrected chi connectivity index (χ2v) is 4.89. The molecule has 2 aromatic carbocycles. The molecule has 4 rings (SSSR count). The van der Waals surface area contributed by atoms with Crippen LogP contribution in [0.15, 0.2) is 72.9 Å². The van der Waals surface area contributed by atoms with Crippen LogP contribution >= 0.6 is 0 Å². The van der Waals surface area contributed by atoms with Crippen LogP contribution in [0.3, 0.4) is 0 Å². The van der Waals surface area contributed by atoms with E-state index in [2.05, 4.69) is 34.9 Å². The SMILES string of the molecule is Fc1ccc(-c2cc3ccccc3n3cccc23)cc1. The summed E-state index contributed by atoms with van der Waals surface area (Å²) < 4.78 is 15.3. The smallest absolute Gasteiger partial charge is 0.123 e. The lowest BCUT2D eigenvalue weighted by molar-refractivity contribution is 0.628. The minimum Gasteiger partial charge on any atom is -0.316 e. The van der Waals surface area contributed by atoms with Crippen molar-refractivity contribution in [2.75, 3.05) is 0 Å². The van der Waals surface area contributed by atoms with Crippen LogP contribution in [0.2, 0.25) is 0 Å². The van der Waals surface area contributed by atoms with E-state index in [9.17, 15) is 4.39 Å². The van der Waals surface area contributed by atoms with E-state index in [1.807, 2.05) is 30.3 Å². The molecule has 96 valence electrons. The first-order valence-electron chi connectivity index (χ1n) is 6.58. The Kier molecular flexibility index (Phi) is 2.36. The van der Waals surface area contributed by atoms with Gasteiger partial charge in [-0.2, -0.15) is 0 Å². The summed E-state index contributed by atoms with van der Waals surface area (Å²) in [5.41, 5.74) is 4.46. The highest BCUT2D eigenvalue weighted by atomic mass is 19.1. The molecular formula is C18H12FN. The Bertz CT molecular complexity index is 904. The van der Waals surface area contributed by atoms with Gasteiger partial charge in [0.1, 0.15) is 5.82 Å². The minimum atomic E-state index is -0.207. The Hall–Kier alpha value is -2.61. The molecule has 0 atom stereocenters. The van der Waals surface area contributed by atoms with Crippen molar-refractivity contribution < 1.29 is 4.39 Å². The van der Waals surface area contributed by atoms with Crippen LogP contribution in [0.5, 0.6) is 0 Å². The maximum atomic E-state index is 13.1. The lowest BCUT2D eigenvalue weighted by Crippen LogP contribution is -1.90. The summed E-state index contributed by atoms with van der Waals surface area (Å²) in [6.07, 6.45) is 2.06. The predicted octanol–water partition coefficient (Wildman–Crippen LogP) is 4.90. The van der Waals surface area contributed by atoms with Crippen molar-refractivity contribution >= 4 is 16.4 Å². The van der Waals surface area contributed by atoms with E-state index in [0.717, 1.165) is 16.6 Å². The van der Waals surface area contributed by atoms with Crippen molar-refractivity contribution in [3.63, 3.8) is 0 Å². The van der Waals surface area contributed by atoms with Gasteiger partial charge in [0.25, 0.3) is 0 Å². The minimum absolute atomic E-state index is 0.207. The molecule has 0 saturated heterocycles. The standard InChI is InChI=1S/C18H12FN/c19-15-9-7-13(8-10-15)16-12-14-4-1-2-5-17(14)20-11-3-6-18(16)20/h1-12H. The van der Waals surface area contributed by atoms with Crippen LogP contribution in [-0.4, -0.2) is 4.40 Å². The number of hydrogen-bond donors (Lipinski definition) is 0. The molecule has 0 fully saturated rings. The molecule has 1 nitrogen and oxygen atoms in total. The van der Waals surface area contributed by atoms with Crippen LogP contribution in [0.25, 0.3) is 27.5 Å². The second-order valence-electron chi connectivity index (χ2n) is 4.89. The molecule has 0 aliphatic carbocycles. The molecule has 2 aromatic heterocycles. The fourth-order valence-corrected chi connectivity index (χ4v) is 2.73. The highest BCUT2D eigenvalue weighted by Gasteiger charge is 2.07. The third-order valence-corrected chi connectivity index (χ3v) is 3.68. The fraction of sp³-hybridized carbons (Fsp3) is 0. The summed E-state index contributed by atoms with van der Waals surface area (Å²) in [4.78, 5) is 0. The quantitative estimate of drug-likeness (QED) is 0.459. The van der Waals surface area contributed by atoms with Gasteiger partial charge < -0.3 is 4.40 Å². The van der Waals surface area contributed by atoms with Crippen molar-refractivity contribution in [1.29, 1.82) is 0 Å². The predicted molar refractivity (Wildman–Crippen MR) is 80.3 cm³/mol. The van der Waals surface area contributed by atoms with Crippen molar-refractivity contribution in [2.24, 2.45) is 0 Å². The van der Waals surface area contributed by atoms with Crippen molar-refractivity contribution in [3.8, 4) is 11.1 Å². The summed E-state index contributed by atoms with van der Waals surface area (Å²) in [5, 5.41) is 1.18. The zero-order chi connectivity index (χ0) is 13.5. The van der Waals surface area contributed by atoms with Gasteiger partial charge in [0.15, 0.2) is 0 Å². The van der Waals surface area contributed by atoms with Gasteiger partial charge in [-0.1, -0.05) is 30.3 Å². The molecule has 2 heterocycles. The van der Waals surface area contributed by atoms with E-state index in [0.29, 0.717) is 0 Å².